The number of halogens is 2. The third kappa shape index (κ3) is 3.56. The number of hydrogen-bond donors (Lipinski definition) is 1. The molecule has 29 heavy (non-hydrogen) atoms. The minimum absolute atomic E-state index is 0.216. The van der Waals surface area contributed by atoms with E-state index in [4.69, 9.17) is 23.2 Å². The molecule has 1 aliphatic carbocycles. The first-order chi connectivity index (χ1) is 13.9. The van der Waals surface area contributed by atoms with Gasteiger partial charge in [-0.1, -0.05) is 47.0 Å². The van der Waals surface area contributed by atoms with Crippen molar-refractivity contribution in [2.45, 2.75) is 19.8 Å². The quantitative estimate of drug-likeness (QED) is 0.546. The highest BCUT2D eigenvalue weighted by atomic mass is 35.5. The van der Waals surface area contributed by atoms with Crippen LogP contribution in [0, 0.1) is 11.8 Å². The normalized spacial score (nSPS) is 21.1. The summed E-state index contributed by atoms with van der Waals surface area (Å²) in [6, 6.07) is 11.3. The van der Waals surface area contributed by atoms with Crippen LogP contribution in [0.25, 0.3) is 0 Å². The van der Waals surface area contributed by atoms with E-state index in [0.717, 1.165) is 10.5 Å². The molecular formula is C22H18Cl2N2O3. The number of anilines is 2. The Bertz CT molecular complexity index is 1060. The summed E-state index contributed by atoms with van der Waals surface area (Å²) in [6.45, 7) is 1.97. The first kappa shape index (κ1) is 19.7. The number of nitrogens with zero attached hydrogens (tertiary/aromatic N) is 1. The molecule has 148 valence electrons. The van der Waals surface area contributed by atoms with Gasteiger partial charge in [0.1, 0.15) is 0 Å². The molecule has 1 heterocycles. The van der Waals surface area contributed by atoms with Crippen molar-refractivity contribution < 1.29 is 14.4 Å². The molecule has 2 atom stereocenters. The standard InChI is InChI=1S/C22H18Cl2N2O3/c1-12-6-8-14-16(10-12)22(29)26(21(14)28)19-5-3-2-4-15(19)20(27)25-18-11-13(23)7-9-17(18)24/h2-7,9,11,14,16H,8,10H2,1H3,(H,25,27)/t14-,16+/m1/s1. The van der Waals surface area contributed by atoms with Gasteiger partial charge in [-0.2, -0.15) is 0 Å². The molecule has 0 unspecified atom stereocenters. The van der Waals surface area contributed by atoms with E-state index in [1.807, 2.05) is 13.0 Å². The molecule has 3 amide bonds. The summed E-state index contributed by atoms with van der Waals surface area (Å²) in [6.07, 6.45) is 3.12. The highest BCUT2D eigenvalue weighted by molar-refractivity contribution is 6.36. The van der Waals surface area contributed by atoms with Crippen LogP contribution in [0.5, 0.6) is 0 Å². The Morgan fingerprint density at radius 2 is 1.79 bits per heavy atom. The smallest absolute Gasteiger partial charge is 0.257 e. The van der Waals surface area contributed by atoms with Crippen LogP contribution in [0.3, 0.4) is 0 Å². The van der Waals surface area contributed by atoms with Gasteiger partial charge in [0.15, 0.2) is 0 Å². The van der Waals surface area contributed by atoms with E-state index in [2.05, 4.69) is 5.32 Å². The van der Waals surface area contributed by atoms with Gasteiger partial charge in [0.25, 0.3) is 5.91 Å². The summed E-state index contributed by atoms with van der Waals surface area (Å²) in [5, 5.41) is 3.48. The molecule has 0 saturated carbocycles. The van der Waals surface area contributed by atoms with E-state index in [9.17, 15) is 14.4 Å². The highest BCUT2D eigenvalue weighted by Crippen LogP contribution is 2.40. The van der Waals surface area contributed by atoms with Crippen molar-refractivity contribution >= 4 is 52.3 Å². The minimum Gasteiger partial charge on any atom is -0.321 e. The molecule has 2 aromatic carbocycles. The first-order valence-electron chi connectivity index (χ1n) is 9.25. The number of fused-ring (bicyclic) bond motifs is 1. The SMILES string of the molecule is CC1=CC[C@H]2C(=O)N(c3ccccc3C(=O)Nc3cc(Cl)ccc3Cl)C(=O)[C@H]2C1. The van der Waals surface area contributed by atoms with E-state index in [-0.39, 0.29) is 34.9 Å². The average molecular weight is 429 g/mol. The second-order valence-electron chi connectivity index (χ2n) is 7.31. The molecule has 2 aliphatic rings. The van der Waals surface area contributed by atoms with Gasteiger partial charge < -0.3 is 5.32 Å². The fraction of sp³-hybridized carbons (Fsp3) is 0.227. The van der Waals surface area contributed by atoms with E-state index in [0.29, 0.717) is 28.6 Å². The number of allylic oxidation sites excluding steroid dienone is 2. The lowest BCUT2D eigenvalue weighted by molar-refractivity contribution is -0.122. The van der Waals surface area contributed by atoms with Crippen molar-refractivity contribution in [3.05, 3.63) is 69.7 Å². The Balaban J connectivity index is 1.67. The number of imide groups is 1. The lowest BCUT2D eigenvalue weighted by atomic mass is 9.82. The number of amides is 3. The van der Waals surface area contributed by atoms with E-state index >= 15 is 0 Å². The summed E-state index contributed by atoms with van der Waals surface area (Å²) >= 11 is 12.1. The number of para-hydroxylation sites is 1. The van der Waals surface area contributed by atoms with Gasteiger partial charge in [0, 0.05) is 5.02 Å². The van der Waals surface area contributed by atoms with Crippen molar-refractivity contribution in [1.82, 2.24) is 0 Å². The molecule has 0 radical (unpaired) electrons. The molecule has 1 fully saturated rings. The third-order valence-electron chi connectivity index (χ3n) is 5.39. The zero-order valence-electron chi connectivity index (χ0n) is 15.6. The predicted molar refractivity (Wildman–Crippen MR) is 113 cm³/mol. The number of carbonyl (C=O) groups excluding carboxylic acids is 3. The van der Waals surface area contributed by atoms with E-state index < -0.39 is 5.91 Å². The van der Waals surface area contributed by atoms with Crippen LogP contribution in [-0.4, -0.2) is 17.7 Å². The monoisotopic (exact) mass is 428 g/mol. The second kappa shape index (κ2) is 7.65. The van der Waals surface area contributed by atoms with E-state index in [1.165, 1.54) is 0 Å². The fourth-order valence-electron chi connectivity index (χ4n) is 3.92. The lowest BCUT2D eigenvalue weighted by Gasteiger charge is -2.19. The van der Waals surface area contributed by atoms with Crippen molar-refractivity contribution in [1.29, 1.82) is 0 Å². The van der Waals surface area contributed by atoms with Crippen LogP contribution in [0.2, 0.25) is 10.0 Å². The van der Waals surface area contributed by atoms with Gasteiger partial charge in [-0.25, -0.2) is 4.90 Å². The Morgan fingerprint density at radius 1 is 1.07 bits per heavy atom. The number of carbonyl (C=O) groups is 3. The van der Waals surface area contributed by atoms with Gasteiger partial charge in [0.2, 0.25) is 11.8 Å². The Labute approximate surface area is 178 Å². The largest absolute Gasteiger partial charge is 0.321 e. The number of benzene rings is 2. The number of nitrogens with one attached hydrogen (secondary N) is 1. The number of rotatable bonds is 3. The van der Waals surface area contributed by atoms with Gasteiger partial charge in [0.05, 0.1) is 33.8 Å². The van der Waals surface area contributed by atoms with Crippen LogP contribution in [0.15, 0.2) is 54.1 Å². The molecule has 4 rings (SSSR count). The lowest BCUT2D eigenvalue weighted by Crippen LogP contribution is -2.33. The summed E-state index contributed by atoms with van der Waals surface area (Å²) in [7, 11) is 0. The van der Waals surface area contributed by atoms with Crippen LogP contribution in [-0.2, 0) is 9.59 Å². The van der Waals surface area contributed by atoms with Crippen molar-refractivity contribution in [2.24, 2.45) is 11.8 Å². The Morgan fingerprint density at radius 3 is 2.59 bits per heavy atom. The van der Waals surface area contributed by atoms with Gasteiger partial charge in [-0.3, -0.25) is 14.4 Å². The molecule has 0 aromatic heterocycles. The van der Waals surface area contributed by atoms with Gasteiger partial charge >= 0.3 is 0 Å². The maximum absolute atomic E-state index is 13.0. The van der Waals surface area contributed by atoms with E-state index in [1.54, 1.807) is 42.5 Å². The molecule has 7 heteroatoms. The van der Waals surface area contributed by atoms with Crippen molar-refractivity contribution in [2.75, 3.05) is 10.2 Å². The molecule has 1 aliphatic heterocycles. The first-order valence-corrected chi connectivity index (χ1v) is 10.0. The molecule has 0 spiro atoms. The maximum Gasteiger partial charge on any atom is 0.257 e. The zero-order valence-corrected chi connectivity index (χ0v) is 17.1. The van der Waals surface area contributed by atoms with Crippen LogP contribution in [0.4, 0.5) is 11.4 Å². The Hall–Kier alpha value is -2.63. The summed E-state index contributed by atoms with van der Waals surface area (Å²) in [4.78, 5) is 40.2. The Kier molecular flexibility index (Phi) is 5.19. The fourth-order valence-corrected chi connectivity index (χ4v) is 4.26. The molecule has 1 saturated heterocycles. The topological polar surface area (TPSA) is 66.5 Å². The summed E-state index contributed by atoms with van der Waals surface area (Å²) < 4.78 is 0. The second-order valence-corrected chi connectivity index (χ2v) is 8.15. The van der Waals surface area contributed by atoms with Gasteiger partial charge in [-0.15, -0.1) is 0 Å². The predicted octanol–water partition coefficient (Wildman–Crippen LogP) is 5.09. The average Bonchev–Trinajstić information content (AvgIpc) is 2.94. The zero-order chi connectivity index (χ0) is 20.7. The molecule has 0 bridgehead atoms. The molecule has 1 N–H and O–H groups in total. The molecule has 5 nitrogen and oxygen atoms in total. The van der Waals surface area contributed by atoms with Crippen LogP contribution in [0.1, 0.15) is 30.1 Å². The summed E-state index contributed by atoms with van der Waals surface area (Å²) in [5.74, 6) is -1.73. The summed E-state index contributed by atoms with van der Waals surface area (Å²) in [5.41, 5.74) is 1.96. The van der Waals surface area contributed by atoms with Crippen molar-refractivity contribution in [3.8, 4) is 0 Å². The molecule has 2 aromatic rings. The molecular weight excluding hydrogens is 411 g/mol. The number of hydrogen-bond acceptors (Lipinski definition) is 3. The maximum atomic E-state index is 13.0. The van der Waals surface area contributed by atoms with Crippen molar-refractivity contribution in [3.63, 3.8) is 0 Å². The minimum atomic E-state index is -0.477. The third-order valence-corrected chi connectivity index (χ3v) is 5.95. The van der Waals surface area contributed by atoms with Gasteiger partial charge in [-0.05, 0) is 50.1 Å². The van der Waals surface area contributed by atoms with Crippen LogP contribution >= 0.6 is 23.2 Å². The highest BCUT2D eigenvalue weighted by Gasteiger charge is 2.49. The van der Waals surface area contributed by atoms with Crippen LogP contribution < -0.4 is 10.2 Å².